The van der Waals surface area contributed by atoms with E-state index in [0.717, 1.165) is 6.07 Å². The number of aromatic nitrogens is 2. The molecule has 4 N–H and O–H groups in total. The first-order valence-electron chi connectivity index (χ1n) is 4.53. The minimum Gasteiger partial charge on any atom is -0.477 e. The van der Waals surface area contributed by atoms with Crippen LogP contribution in [-0.2, 0) is 0 Å². The highest BCUT2D eigenvalue weighted by Gasteiger charge is 2.19. The van der Waals surface area contributed by atoms with Crippen LogP contribution in [-0.4, -0.2) is 21.0 Å². The minimum atomic E-state index is -1.27. The SMILES string of the molecule is Nc1nc(-c2cc(Cl)ccc2F)c(C(=O)O)[nH]1. The Labute approximate surface area is 100 Å². The van der Waals surface area contributed by atoms with E-state index >= 15 is 0 Å². The molecule has 88 valence electrons. The van der Waals surface area contributed by atoms with E-state index in [1.807, 2.05) is 0 Å². The molecule has 17 heavy (non-hydrogen) atoms. The third-order valence-corrected chi connectivity index (χ3v) is 2.35. The monoisotopic (exact) mass is 255 g/mol. The van der Waals surface area contributed by atoms with Crippen LogP contribution in [0, 0.1) is 5.82 Å². The van der Waals surface area contributed by atoms with Gasteiger partial charge in [0.25, 0.3) is 0 Å². The van der Waals surface area contributed by atoms with E-state index in [-0.39, 0.29) is 27.9 Å². The number of aromatic amines is 1. The molecule has 0 radical (unpaired) electrons. The van der Waals surface area contributed by atoms with Crippen molar-refractivity contribution in [2.45, 2.75) is 0 Å². The fourth-order valence-electron chi connectivity index (χ4n) is 1.42. The molecule has 2 aromatic rings. The largest absolute Gasteiger partial charge is 0.477 e. The lowest BCUT2D eigenvalue weighted by molar-refractivity contribution is 0.0692. The van der Waals surface area contributed by atoms with E-state index in [4.69, 9.17) is 22.4 Å². The maximum atomic E-state index is 13.6. The number of H-pyrrole nitrogens is 1. The quantitative estimate of drug-likeness (QED) is 0.767. The van der Waals surface area contributed by atoms with Crippen molar-refractivity contribution in [1.29, 1.82) is 0 Å². The summed E-state index contributed by atoms with van der Waals surface area (Å²) in [6.07, 6.45) is 0. The van der Waals surface area contributed by atoms with E-state index in [1.165, 1.54) is 12.1 Å². The summed E-state index contributed by atoms with van der Waals surface area (Å²) in [5, 5.41) is 9.20. The van der Waals surface area contributed by atoms with Crippen LogP contribution < -0.4 is 5.73 Å². The number of carboxylic acid groups (broad SMARTS) is 1. The van der Waals surface area contributed by atoms with E-state index in [9.17, 15) is 9.18 Å². The Morgan fingerprint density at radius 3 is 2.88 bits per heavy atom. The summed E-state index contributed by atoms with van der Waals surface area (Å²) in [5.41, 5.74) is 5.00. The Balaban J connectivity index is 2.67. The van der Waals surface area contributed by atoms with Gasteiger partial charge in [-0.25, -0.2) is 14.2 Å². The van der Waals surface area contributed by atoms with Crippen molar-refractivity contribution in [1.82, 2.24) is 9.97 Å². The Kier molecular flexibility index (Phi) is 2.72. The van der Waals surface area contributed by atoms with Crippen molar-refractivity contribution >= 4 is 23.5 Å². The van der Waals surface area contributed by atoms with Crippen LogP contribution in [0.1, 0.15) is 10.5 Å². The van der Waals surface area contributed by atoms with Gasteiger partial charge in [-0.1, -0.05) is 11.6 Å². The molecule has 0 aliphatic rings. The Hall–Kier alpha value is -2.08. The number of benzene rings is 1. The van der Waals surface area contributed by atoms with Crippen LogP contribution in [0.15, 0.2) is 18.2 Å². The molecule has 0 amide bonds. The van der Waals surface area contributed by atoms with Gasteiger partial charge in [0.15, 0.2) is 11.6 Å². The zero-order chi connectivity index (χ0) is 12.6. The zero-order valence-electron chi connectivity index (χ0n) is 8.37. The van der Waals surface area contributed by atoms with E-state index in [2.05, 4.69) is 9.97 Å². The molecule has 1 heterocycles. The first-order chi connectivity index (χ1) is 7.99. The summed E-state index contributed by atoms with van der Waals surface area (Å²) < 4.78 is 13.6. The lowest BCUT2D eigenvalue weighted by atomic mass is 10.1. The average Bonchev–Trinajstić information content (AvgIpc) is 2.64. The van der Waals surface area contributed by atoms with Gasteiger partial charge in [-0.05, 0) is 18.2 Å². The number of nitrogen functional groups attached to an aromatic ring is 1. The van der Waals surface area contributed by atoms with Crippen LogP contribution in [0.3, 0.4) is 0 Å². The molecule has 0 spiro atoms. The number of nitrogens with zero attached hydrogens (tertiary/aromatic N) is 1. The van der Waals surface area contributed by atoms with Crippen LogP contribution in [0.2, 0.25) is 5.02 Å². The topological polar surface area (TPSA) is 92.0 Å². The number of imidazole rings is 1. The Morgan fingerprint density at radius 1 is 1.53 bits per heavy atom. The molecule has 5 nitrogen and oxygen atoms in total. The minimum absolute atomic E-state index is 0.0112. The molecule has 7 heteroatoms. The number of nitrogens with two attached hydrogens (primary N) is 1. The number of aromatic carboxylic acids is 1. The van der Waals surface area contributed by atoms with Crippen molar-refractivity contribution in [3.05, 3.63) is 34.7 Å². The van der Waals surface area contributed by atoms with Crippen LogP contribution in [0.25, 0.3) is 11.3 Å². The maximum Gasteiger partial charge on any atom is 0.354 e. The molecular weight excluding hydrogens is 249 g/mol. The van der Waals surface area contributed by atoms with E-state index < -0.39 is 11.8 Å². The number of hydrogen-bond acceptors (Lipinski definition) is 3. The molecule has 0 saturated heterocycles. The van der Waals surface area contributed by atoms with Crippen molar-refractivity contribution in [2.24, 2.45) is 0 Å². The predicted octanol–water partition coefficient (Wildman–Crippen LogP) is 2.15. The highest BCUT2D eigenvalue weighted by molar-refractivity contribution is 6.30. The highest BCUT2D eigenvalue weighted by Crippen LogP contribution is 2.27. The molecule has 2 rings (SSSR count). The molecule has 0 fully saturated rings. The van der Waals surface area contributed by atoms with Gasteiger partial charge >= 0.3 is 5.97 Å². The lowest BCUT2D eigenvalue weighted by Crippen LogP contribution is -2.00. The highest BCUT2D eigenvalue weighted by atomic mass is 35.5. The first-order valence-corrected chi connectivity index (χ1v) is 4.91. The Bertz CT molecular complexity index is 597. The number of hydrogen-bond donors (Lipinski definition) is 3. The lowest BCUT2D eigenvalue weighted by Gasteiger charge is -2.01. The van der Waals surface area contributed by atoms with Crippen LogP contribution >= 0.6 is 11.6 Å². The maximum absolute atomic E-state index is 13.6. The van der Waals surface area contributed by atoms with Gasteiger partial charge in [-0.2, -0.15) is 0 Å². The van der Waals surface area contributed by atoms with Gasteiger partial charge in [-0.3, -0.25) is 0 Å². The molecule has 0 atom stereocenters. The van der Waals surface area contributed by atoms with Gasteiger partial charge < -0.3 is 15.8 Å². The second kappa shape index (κ2) is 4.06. The zero-order valence-corrected chi connectivity index (χ0v) is 9.12. The third kappa shape index (κ3) is 2.07. The summed E-state index contributed by atoms with van der Waals surface area (Å²) in [7, 11) is 0. The van der Waals surface area contributed by atoms with Gasteiger partial charge in [0.1, 0.15) is 11.5 Å². The normalized spacial score (nSPS) is 10.5. The summed E-state index contributed by atoms with van der Waals surface area (Å²) in [6.45, 7) is 0. The van der Waals surface area contributed by atoms with E-state index in [0.29, 0.717) is 0 Å². The number of carboxylic acids is 1. The summed E-state index contributed by atoms with van der Waals surface area (Å²) in [5.74, 6) is -2.00. The number of halogens is 2. The van der Waals surface area contributed by atoms with Crippen molar-refractivity contribution in [3.8, 4) is 11.3 Å². The summed E-state index contributed by atoms with van der Waals surface area (Å²) >= 11 is 5.72. The second-order valence-electron chi connectivity index (χ2n) is 3.27. The molecule has 0 saturated carbocycles. The number of carbonyl (C=O) groups is 1. The smallest absolute Gasteiger partial charge is 0.354 e. The average molecular weight is 256 g/mol. The van der Waals surface area contributed by atoms with E-state index in [1.54, 1.807) is 0 Å². The summed E-state index contributed by atoms with van der Waals surface area (Å²) in [4.78, 5) is 17.0. The standard InChI is InChI=1S/C10H7ClFN3O2/c11-4-1-2-6(12)5(3-4)7-8(9(16)17)15-10(13)14-7/h1-3H,(H,16,17)(H3,13,14,15). The predicted molar refractivity (Wildman–Crippen MR) is 60.4 cm³/mol. The number of nitrogens with one attached hydrogen (secondary N) is 1. The van der Waals surface area contributed by atoms with Gasteiger partial charge in [0, 0.05) is 10.6 Å². The Morgan fingerprint density at radius 2 is 2.24 bits per heavy atom. The van der Waals surface area contributed by atoms with Gasteiger partial charge in [0.2, 0.25) is 0 Å². The number of anilines is 1. The second-order valence-corrected chi connectivity index (χ2v) is 3.71. The van der Waals surface area contributed by atoms with Crippen molar-refractivity contribution in [2.75, 3.05) is 5.73 Å². The van der Waals surface area contributed by atoms with Gasteiger partial charge in [-0.15, -0.1) is 0 Å². The first kappa shape index (κ1) is 11.4. The molecule has 0 bridgehead atoms. The number of rotatable bonds is 2. The molecule has 0 unspecified atom stereocenters. The molecule has 1 aromatic carbocycles. The molecular formula is C10H7ClFN3O2. The van der Waals surface area contributed by atoms with Crippen molar-refractivity contribution < 1.29 is 14.3 Å². The van der Waals surface area contributed by atoms with Crippen molar-refractivity contribution in [3.63, 3.8) is 0 Å². The summed E-state index contributed by atoms with van der Waals surface area (Å²) in [6, 6.07) is 3.78. The molecule has 0 aliphatic heterocycles. The van der Waals surface area contributed by atoms with Crippen LogP contribution in [0.4, 0.5) is 10.3 Å². The fraction of sp³-hybridized carbons (Fsp3) is 0. The van der Waals surface area contributed by atoms with Gasteiger partial charge in [0.05, 0.1) is 0 Å². The fourth-order valence-corrected chi connectivity index (χ4v) is 1.59. The molecule has 1 aromatic heterocycles. The third-order valence-electron chi connectivity index (χ3n) is 2.12. The van der Waals surface area contributed by atoms with Crippen LogP contribution in [0.5, 0.6) is 0 Å². The molecule has 0 aliphatic carbocycles.